The van der Waals surface area contributed by atoms with Gasteiger partial charge in [0.1, 0.15) is 6.54 Å². The van der Waals surface area contributed by atoms with E-state index in [0.717, 1.165) is 0 Å². The Morgan fingerprint density at radius 3 is 2.09 bits per heavy atom. The van der Waals surface area contributed by atoms with Crippen LogP contribution in [0.5, 0.6) is 0 Å². The second-order valence-electron chi connectivity index (χ2n) is 3.60. The van der Waals surface area contributed by atoms with E-state index in [2.05, 4.69) is 0 Å². The third-order valence-electron chi connectivity index (χ3n) is 1.32. The number of quaternary nitrogens is 1. The van der Waals surface area contributed by atoms with Crippen LogP contribution >= 0.6 is 0 Å². The molecule has 0 radical (unpaired) electrons. The lowest BCUT2D eigenvalue weighted by atomic mass is 10.3. The van der Waals surface area contributed by atoms with Gasteiger partial charge in [-0.1, -0.05) is 0 Å². The summed E-state index contributed by atoms with van der Waals surface area (Å²) < 4.78 is 5.57. The number of nitrogens with zero attached hydrogens (tertiary/aromatic N) is 1. The number of likely N-dealkylation sites (N-methyl/N-ethyl adjacent to an activating group) is 1. The molecule has 11 heavy (non-hydrogen) atoms. The Balaban J connectivity index is 3.99. The molecule has 0 saturated heterocycles. The molecule has 0 aliphatic heterocycles. The summed E-state index contributed by atoms with van der Waals surface area (Å²) in [5.74, 6) is -0.402. The molecule has 4 nitrogen and oxygen atoms in total. The summed E-state index contributed by atoms with van der Waals surface area (Å²) in [5, 5.41) is 0. The lowest BCUT2D eigenvalue weighted by molar-refractivity contribution is -0.872. The smallest absolute Gasteiger partial charge is 0.252 e. The highest BCUT2D eigenvalue weighted by Crippen LogP contribution is 1.97. The van der Waals surface area contributed by atoms with E-state index in [4.69, 9.17) is 10.5 Å². The highest BCUT2D eigenvalue weighted by molar-refractivity contribution is 5.78. The third-order valence-corrected chi connectivity index (χ3v) is 1.32. The van der Waals surface area contributed by atoms with Gasteiger partial charge in [0, 0.05) is 7.11 Å². The van der Waals surface area contributed by atoms with Gasteiger partial charge in [0.25, 0.3) is 5.91 Å². The van der Waals surface area contributed by atoms with Crippen LogP contribution in [0.4, 0.5) is 0 Å². The van der Waals surface area contributed by atoms with Crippen molar-refractivity contribution in [2.75, 3.05) is 34.8 Å². The Labute approximate surface area is 67.5 Å². The molecule has 2 N–H and O–H groups in total. The van der Waals surface area contributed by atoms with Crippen LogP contribution in [0.3, 0.4) is 0 Å². The van der Waals surface area contributed by atoms with Crippen molar-refractivity contribution >= 4 is 5.91 Å². The van der Waals surface area contributed by atoms with Gasteiger partial charge in [-0.3, -0.25) is 4.79 Å². The molecule has 0 aliphatic rings. The van der Waals surface area contributed by atoms with Crippen LogP contribution in [0.25, 0.3) is 0 Å². The van der Waals surface area contributed by atoms with Crippen molar-refractivity contribution in [3.8, 4) is 0 Å². The van der Waals surface area contributed by atoms with Crippen molar-refractivity contribution in [3.05, 3.63) is 0 Å². The Bertz CT molecular complexity index is 140. The molecule has 0 heterocycles. The fourth-order valence-corrected chi connectivity index (χ4v) is 0.778. The van der Waals surface area contributed by atoms with Gasteiger partial charge in [-0.15, -0.1) is 0 Å². The van der Waals surface area contributed by atoms with E-state index in [1.54, 1.807) is 0 Å². The summed E-state index contributed by atoms with van der Waals surface area (Å²) in [6.45, 7) is 0.603. The molecule has 0 aromatic heterocycles. The average molecular weight is 161 g/mol. The summed E-state index contributed by atoms with van der Waals surface area (Å²) >= 11 is 0. The van der Waals surface area contributed by atoms with E-state index in [0.29, 0.717) is 11.0 Å². The van der Waals surface area contributed by atoms with E-state index < -0.39 is 12.0 Å². The molecule has 0 rings (SSSR count). The SMILES string of the molecule is COC(C[N+](C)(C)C)C(N)=O. The molecule has 1 amide bonds. The van der Waals surface area contributed by atoms with Gasteiger partial charge in [-0.25, -0.2) is 0 Å². The fourth-order valence-electron chi connectivity index (χ4n) is 0.778. The lowest BCUT2D eigenvalue weighted by Gasteiger charge is -2.26. The van der Waals surface area contributed by atoms with Gasteiger partial charge >= 0.3 is 0 Å². The molecule has 4 heteroatoms. The second-order valence-corrected chi connectivity index (χ2v) is 3.60. The number of amides is 1. The quantitative estimate of drug-likeness (QED) is 0.548. The number of ether oxygens (including phenoxy) is 1. The van der Waals surface area contributed by atoms with Crippen molar-refractivity contribution in [2.45, 2.75) is 6.10 Å². The molecule has 1 atom stereocenters. The number of carbonyl (C=O) groups excluding carboxylic acids is 1. The Hall–Kier alpha value is -0.610. The fraction of sp³-hybridized carbons (Fsp3) is 0.857. The Morgan fingerprint density at radius 2 is 2.00 bits per heavy atom. The zero-order valence-electron chi connectivity index (χ0n) is 7.63. The predicted molar refractivity (Wildman–Crippen MR) is 42.9 cm³/mol. The standard InChI is InChI=1S/C7H16N2O2/c1-9(2,3)5-6(11-4)7(8)10/h6H,5H2,1-4H3,(H-,8,10)/p+1. The number of methoxy groups -OCH3 is 1. The molecule has 1 unspecified atom stereocenters. The Kier molecular flexibility index (Phi) is 3.48. The van der Waals surface area contributed by atoms with Crippen LogP contribution in [0.15, 0.2) is 0 Å². The second kappa shape index (κ2) is 3.69. The van der Waals surface area contributed by atoms with E-state index >= 15 is 0 Å². The van der Waals surface area contributed by atoms with Crippen molar-refractivity contribution in [1.29, 1.82) is 0 Å². The van der Waals surface area contributed by atoms with Gasteiger partial charge in [0.2, 0.25) is 0 Å². The van der Waals surface area contributed by atoms with Crippen LogP contribution in [0, 0.1) is 0 Å². The van der Waals surface area contributed by atoms with Gasteiger partial charge in [0.05, 0.1) is 21.1 Å². The van der Waals surface area contributed by atoms with Crippen molar-refractivity contribution < 1.29 is 14.0 Å². The number of nitrogens with two attached hydrogens (primary N) is 1. The van der Waals surface area contributed by atoms with Crippen LogP contribution in [0.1, 0.15) is 0 Å². The van der Waals surface area contributed by atoms with E-state index in [-0.39, 0.29) is 0 Å². The highest BCUT2D eigenvalue weighted by Gasteiger charge is 2.22. The zero-order valence-corrected chi connectivity index (χ0v) is 7.63. The third kappa shape index (κ3) is 4.75. The Morgan fingerprint density at radius 1 is 1.55 bits per heavy atom. The summed E-state index contributed by atoms with van der Waals surface area (Å²) in [6.07, 6.45) is -0.477. The van der Waals surface area contributed by atoms with Gasteiger partial charge in [-0.2, -0.15) is 0 Å². The summed E-state index contributed by atoms with van der Waals surface area (Å²) in [4.78, 5) is 10.7. The predicted octanol–water partition coefficient (Wildman–Crippen LogP) is -0.807. The first-order valence-electron chi connectivity index (χ1n) is 3.49. The summed E-state index contributed by atoms with van der Waals surface area (Å²) in [7, 11) is 7.43. The minimum Gasteiger partial charge on any atom is -0.367 e. The monoisotopic (exact) mass is 161 g/mol. The number of rotatable bonds is 4. The molecular weight excluding hydrogens is 144 g/mol. The van der Waals surface area contributed by atoms with E-state index in [1.165, 1.54) is 7.11 Å². The molecule has 0 saturated carbocycles. The molecule has 0 aromatic carbocycles. The zero-order chi connectivity index (χ0) is 9.07. The number of hydrogen-bond donors (Lipinski definition) is 1. The number of primary amides is 1. The maximum Gasteiger partial charge on any atom is 0.252 e. The molecule has 0 spiro atoms. The first-order chi connectivity index (χ1) is 4.87. The largest absolute Gasteiger partial charge is 0.367 e. The molecule has 0 fully saturated rings. The summed E-state index contributed by atoms with van der Waals surface area (Å²) in [6, 6.07) is 0. The summed E-state index contributed by atoms with van der Waals surface area (Å²) in [5.41, 5.74) is 5.08. The number of hydrogen-bond acceptors (Lipinski definition) is 2. The maximum absolute atomic E-state index is 10.7. The normalized spacial score (nSPS) is 14.5. The van der Waals surface area contributed by atoms with Crippen LogP contribution in [-0.4, -0.2) is 51.3 Å². The topological polar surface area (TPSA) is 52.3 Å². The van der Waals surface area contributed by atoms with Crippen LogP contribution in [-0.2, 0) is 9.53 Å². The minimum absolute atomic E-state index is 0.402. The van der Waals surface area contributed by atoms with Gasteiger partial charge < -0.3 is 15.0 Å². The number of carbonyl (C=O) groups is 1. The average Bonchev–Trinajstić information content (AvgIpc) is 1.80. The molecule has 0 bridgehead atoms. The lowest BCUT2D eigenvalue weighted by Crippen LogP contribution is -2.47. The molecule has 0 aliphatic carbocycles. The molecular formula is C7H17N2O2+. The minimum atomic E-state index is -0.477. The van der Waals surface area contributed by atoms with E-state index in [1.807, 2.05) is 21.1 Å². The first-order valence-corrected chi connectivity index (χ1v) is 3.49. The first kappa shape index (κ1) is 10.4. The van der Waals surface area contributed by atoms with E-state index in [9.17, 15) is 4.79 Å². The van der Waals surface area contributed by atoms with Crippen molar-refractivity contribution in [1.82, 2.24) is 0 Å². The maximum atomic E-state index is 10.7. The molecule has 0 aromatic rings. The van der Waals surface area contributed by atoms with Gasteiger partial charge in [-0.05, 0) is 0 Å². The van der Waals surface area contributed by atoms with Crippen molar-refractivity contribution in [2.24, 2.45) is 5.73 Å². The van der Waals surface area contributed by atoms with Crippen LogP contribution < -0.4 is 5.73 Å². The van der Waals surface area contributed by atoms with Crippen molar-refractivity contribution in [3.63, 3.8) is 0 Å². The van der Waals surface area contributed by atoms with Crippen LogP contribution in [0.2, 0.25) is 0 Å². The molecule has 66 valence electrons. The highest BCUT2D eigenvalue weighted by atomic mass is 16.5. The van der Waals surface area contributed by atoms with Gasteiger partial charge in [0.15, 0.2) is 6.10 Å².